The average Bonchev–Trinajstić information content (AvgIpc) is 3.08. The number of halogens is 1. The number of piperidine rings is 1. The van der Waals surface area contributed by atoms with Crippen LogP contribution in [-0.2, 0) is 11.2 Å². The SMILES string of the molecule is Cc1cc(C)n(-c2ccc(=O)n(C3CCN(C(=O)Cc4ccccc4Cl)CC3)n2)n1. The minimum Gasteiger partial charge on any atom is -0.342 e. The number of aromatic nitrogens is 4. The Kier molecular flexibility index (Phi) is 5.72. The van der Waals surface area contributed by atoms with Gasteiger partial charge in [-0.25, -0.2) is 9.36 Å². The number of amides is 1. The van der Waals surface area contributed by atoms with E-state index in [0.29, 0.717) is 36.8 Å². The number of hydrogen-bond acceptors (Lipinski definition) is 4. The maximum absolute atomic E-state index is 12.7. The lowest BCUT2D eigenvalue weighted by Crippen LogP contribution is -2.42. The molecule has 4 rings (SSSR count). The summed E-state index contributed by atoms with van der Waals surface area (Å²) in [7, 11) is 0. The number of hydrogen-bond donors (Lipinski definition) is 0. The van der Waals surface area contributed by atoms with Crippen molar-refractivity contribution >= 4 is 17.5 Å². The fraction of sp³-hybridized carbons (Fsp3) is 0.364. The molecule has 2 aromatic heterocycles. The molecule has 8 heteroatoms. The van der Waals surface area contributed by atoms with Crippen molar-refractivity contribution in [1.29, 1.82) is 0 Å². The first-order chi connectivity index (χ1) is 14.4. The number of carbonyl (C=O) groups is 1. The van der Waals surface area contributed by atoms with Crippen LogP contribution in [0.15, 0.2) is 47.3 Å². The molecule has 1 aliphatic rings. The van der Waals surface area contributed by atoms with Crippen LogP contribution < -0.4 is 5.56 Å². The van der Waals surface area contributed by atoms with Crippen molar-refractivity contribution in [2.75, 3.05) is 13.1 Å². The molecule has 30 heavy (non-hydrogen) atoms. The number of carbonyl (C=O) groups excluding carboxylic acids is 1. The van der Waals surface area contributed by atoms with Crippen LogP contribution in [0, 0.1) is 13.8 Å². The predicted molar refractivity (Wildman–Crippen MR) is 115 cm³/mol. The van der Waals surface area contributed by atoms with Gasteiger partial charge in [-0.05, 0) is 50.5 Å². The molecule has 3 heterocycles. The fourth-order valence-electron chi connectivity index (χ4n) is 3.93. The highest BCUT2D eigenvalue weighted by atomic mass is 35.5. The number of benzene rings is 1. The van der Waals surface area contributed by atoms with Crippen molar-refractivity contribution in [2.45, 2.75) is 39.2 Å². The highest BCUT2D eigenvalue weighted by Gasteiger charge is 2.25. The molecule has 0 unspecified atom stereocenters. The van der Waals surface area contributed by atoms with Crippen molar-refractivity contribution in [2.24, 2.45) is 0 Å². The molecule has 7 nitrogen and oxygen atoms in total. The van der Waals surface area contributed by atoms with Gasteiger partial charge < -0.3 is 4.90 Å². The molecule has 156 valence electrons. The summed E-state index contributed by atoms with van der Waals surface area (Å²) in [6.45, 7) is 5.06. The summed E-state index contributed by atoms with van der Waals surface area (Å²) >= 11 is 6.18. The first-order valence-electron chi connectivity index (χ1n) is 10.1. The molecule has 1 amide bonds. The molecule has 1 aliphatic heterocycles. The zero-order valence-corrected chi connectivity index (χ0v) is 17.8. The second-order valence-electron chi connectivity index (χ2n) is 7.69. The van der Waals surface area contributed by atoms with Gasteiger partial charge in [0.25, 0.3) is 5.56 Å². The number of nitrogens with zero attached hydrogens (tertiary/aromatic N) is 5. The van der Waals surface area contributed by atoms with Gasteiger partial charge in [0.15, 0.2) is 5.82 Å². The van der Waals surface area contributed by atoms with Crippen LogP contribution >= 0.6 is 11.6 Å². The number of likely N-dealkylation sites (tertiary alicyclic amines) is 1. The summed E-state index contributed by atoms with van der Waals surface area (Å²) in [6, 6.07) is 12.6. The Bertz CT molecular complexity index is 1130. The molecule has 0 N–H and O–H groups in total. The second kappa shape index (κ2) is 8.44. The highest BCUT2D eigenvalue weighted by Crippen LogP contribution is 2.23. The van der Waals surface area contributed by atoms with E-state index in [-0.39, 0.29) is 23.9 Å². The molecule has 1 saturated heterocycles. The molecular formula is C22H24ClN5O2. The molecular weight excluding hydrogens is 402 g/mol. The molecule has 0 radical (unpaired) electrons. The summed E-state index contributed by atoms with van der Waals surface area (Å²) in [5, 5.41) is 9.64. The average molecular weight is 426 g/mol. The number of rotatable bonds is 4. The van der Waals surface area contributed by atoms with Gasteiger partial charge in [-0.2, -0.15) is 5.10 Å². The van der Waals surface area contributed by atoms with Crippen LogP contribution in [0.4, 0.5) is 0 Å². The van der Waals surface area contributed by atoms with E-state index in [9.17, 15) is 9.59 Å². The Labute approximate surface area is 179 Å². The Morgan fingerprint density at radius 1 is 1.10 bits per heavy atom. The van der Waals surface area contributed by atoms with Crippen molar-refractivity contribution in [3.05, 3.63) is 74.8 Å². The van der Waals surface area contributed by atoms with Crippen LogP contribution in [0.5, 0.6) is 0 Å². The third kappa shape index (κ3) is 4.16. The van der Waals surface area contributed by atoms with E-state index >= 15 is 0 Å². The van der Waals surface area contributed by atoms with E-state index in [1.54, 1.807) is 21.5 Å². The lowest BCUT2D eigenvalue weighted by molar-refractivity contribution is -0.131. The normalized spacial score (nSPS) is 14.8. The van der Waals surface area contributed by atoms with Gasteiger partial charge in [-0.3, -0.25) is 9.59 Å². The second-order valence-corrected chi connectivity index (χ2v) is 8.10. The van der Waals surface area contributed by atoms with E-state index < -0.39 is 0 Å². The smallest absolute Gasteiger partial charge is 0.267 e. The molecule has 0 atom stereocenters. The topological polar surface area (TPSA) is 73.0 Å². The summed E-state index contributed by atoms with van der Waals surface area (Å²) in [6.07, 6.45) is 1.65. The zero-order valence-electron chi connectivity index (χ0n) is 17.1. The Morgan fingerprint density at radius 2 is 1.83 bits per heavy atom. The van der Waals surface area contributed by atoms with Crippen LogP contribution in [0.2, 0.25) is 5.02 Å². The van der Waals surface area contributed by atoms with Gasteiger partial charge in [0.2, 0.25) is 5.91 Å². The first kappa shape index (κ1) is 20.3. The van der Waals surface area contributed by atoms with Crippen LogP contribution in [0.1, 0.15) is 35.8 Å². The van der Waals surface area contributed by atoms with Crippen molar-refractivity contribution in [3.63, 3.8) is 0 Å². The van der Waals surface area contributed by atoms with Crippen molar-refractivity contribution in [1.82, 2.24) is 24.5 Å². The van der Waals surface area contributed by atoms with Gasteiger partial charge in [0.1, 0.15) is 0 Å². The van der Waals surface area contributed by atoms with Gasteiger partial charge in [-0.1, -0.05) is 29.8 Å². The quantitative estimate of drug-likeness (QED) is 0.643. The molecule has 1 fully saturated rings. The summed E-state index contributed by atoms with van der Waals surface area (Å²) in [5.74, 6) is 0.677. The fourth-order valence-corrected chi connectivity index (χ4v) is 4.13. The largest absolute Gasteiger partial charge is 0.342 e. The van der Waals surface area contributed by atoms with Crippen molar-refractivity contribution < 1.29 is 4.79 Å². The molecule has 3 aromatic rings. The van der Waals surface area contributed by atoms with E-state index in [2.05, 4.69) is 10.2 Å². The van der Waals surface area contributed by atoms with Gasteiger partial charge in [0, 0.05) is 29.9 Å². The first-order valence-corrected chi connectivity index (χ1v) is 10.4. The lowest BCUT2D eigenvalue weighted by Gasteiger charge is -2.32. The van der Waals surface area contributed by atoms with E-state index in [1.165, 1.54) is 6.07 Å². The standard InChI is InChI=1S/C22H24ClN5O2/c1-15-13-16(2)27(24-15)20-7-8-21(29)28(25-20)18-9-11-26(12-10-18)22(30)14-17-5-3-4-6-19(17)23/h3-8,13,18H,9-12,14H2,1-2H3. The summed E-state index contributed by atoms with van der Waals surface area (Å²) in [5.41, 5.74) is 2.56. The monoisotopic (exact) mass is 425 g/mol. The van der Waals surface area contributed by atoms with Crippen molar-refractivity contribution in [3.8, 4) is 5.82 Å². The minimum absolute atomic E-state index is 0.0428. The van der Waals surface area contributed by atoms with Crippen LogP contribution in [0.3, 0.4) is 0 Å². The third-order valence-electron chi connectivity index (χ3n) is 5.50. The maximum Gasteiger partial charge on any atom is 0.267 e. The van der Waals surface area contributed by atoms with Crippen LogP contribution in [0.25, 0.3) is 5.82 Å². The number of aryl methyl sites for hydroxylation is 2. The zero-order chi connectivity index (χ0) is 21.3. The molecule has 0 bridgehead atoms. The van der Waals surface area contributed by atoms with Crippen LogP contribution in [-0.4, -0.2) is 43.5 Å². The summed E-state index contributed by atoms with van der Waals surface area (Å²) in [4.78, 5) is 27.0. The van der Waals surface area contributed by atoms with Gasteiger partial charge >= 0.3 is 0 Å². The third-order valence-corrected chi connectivity index (χ3v) is 5.87. The van der Waals surface area contributed by atoms with E-state index in [4.69, 9.17) is 11.6 Å². The predicted octanol–water partition coefficient (Wildman–Crippen LogP) is 3.11. The van der Waals surface area contributed by atoms with Gasteiger partial charge in [0.05, 0.1) is 18.2 Å². The van der Waals surface area contributed by atoms with Gasteiger partial charge in [-0.15, -0.1) is 5.10 Å². The lowest BCUT2D eigenvalue weighted by atomic mass is 10.0. The highest BCUT2D eigenvalue weighted by molar-refractivity contribution is 6.31. The Morgan fingerprint density at radius 3 is 2.50 bits per heavy atom. The Hall–Kier alpha value is -2.93. The summed E-state index contributed by atoms with van der Waals surface area (Å²) < 4.78 is 3.29. The molecule has 0 aliphatic carbocycles. The molecule has 0 spiro atoms. The van der Waals surface area contributed by atoms with E-state index in [1.807, 2.05) is 43.0 Å². The maximum atomic E-state index is 12.7. The molecule has 1 aromatic carbocycles. The Balaban J connectivity index is 1.46. The van der Waals surface area contributed by atoms with E-state index in [0.717, 1.165) is 17.0 Å². The minimum atomic E-state index is -0.138. The molecule has 0 saturated carbocycles.